The standard InChI is InChI=1S/C20H16FN5O3S/c21-13-6-4-12(5-7-13)11-15-24-25-20(29-15)17-18(27)16-14(3-1-8-22-16)19(23-17)26-9-2-10-30(26)28/h1,3-8,27H,2,9-11H2. The molecule has 152 valence electrons. The zero-order chi connectivity index (χ0) is 20.7. The summed E-state index contributed by atoms with van der Waals surface area (Å²) in [5, 5.41) is 19.4. The van der Waals surface area contributed by atoms with Gasteiger partial charge < -0.3 is 9.52 Å². The summed E-state index contributed by atoms with van der Waals surface area (Å²) in [7, 11) is -1.20. The summed E-state index contributed by atoms with van der Waals surface area (Å²) in [5.74, 6) is 0.835. The molecule has 0 spiro atoms. The summed E-state index contributed by atoms with van der Waals surface area (Å²) >= 11 is 0. The SMILES string of the molecule is O=S1CCCN1c1nc(-c2nnc(Cc3ccc(F)cc3)o2)c(O)c2ncccc12. The van der Waals surface area contributed by atoms with Crippen LogP contribution in [0.1, 0.15) is 17.9 Å². The number of hydrogen-bond donors (Lipinski definition) is 1. The second-order valence-electron chi connectivity index (χ2n) is 6.82. The van der Waals surface area contributed by atoms with Crippen LogP contribution in [0.2, 0.25) is 0 Å². The molecule has 4 aromatic rings. The van der Waals surface area contributed by atoms with Crippen LogP contribution in [0.4, 0.5) is 10.2 Å². The number of rotatable bonds is 4. The number of anilines is 1. The molecule has 1 saturated heterocycles. The van der Waals surface area contributed by atoms with Gasteiger partial charge in [-0.1, -0.05) is 12.1 Å². The molecule has 1 aliphatic heterocycles. The lowest BCUT2D eigenvalue weighted by Gasteiger charge is -2.18. The molecule has 0 radical (unpaired) electrons. The lowest BCUT2D eigenvalue weighted by atomic mass is 10.1. The fraction of sp³-hybridized carbons (Fsp3) is 0.200. The van der Waals surface area contributed by atoms with E-state index >= 15 is 0 Å². The summed E-state index contributed by atoms with van der Waals surface area (Å²) in [6.45, 7) is 0.591. The molecule has 1 atom stereocenters. The smallest absolute Gasteiger partial charge is 0.270 e. The van der Waals surface area contributed by atoms with E-state index < -0.39 is 11.0 Å². The Morgan fingerprint density at radius 3 is 2.80 bits per heavy atom. The molecule has 10 heteroatoms. The number of aromatic hydroxyl groups is 1. The van der Waals surface area contributed by atoms with E-state index in [2.05, 4.69) is 20.2 Å². The van der Waals surface area contributed by atoms with Crippen LogP contribution in [0.25, 0.3) is 22.5 Å². The van der Waals surface area contributed by atoms with Crippen molar-refractivity contribution in [1.29, 1.82) is 0 Å². The normalized spacial score (nSPS) is 16.4. The summed E-state index contributed by atoms with van der Waals surface area (Å²) in [6.07, 6.45) is 2.65. The van der Waals surface area contributed by atoms with E-state index in [0.717, 1.165) is 12.0 Å². The molecule has 1 fully saturated rings. The number of fused-ring (bicyclic) bond motifs is 1. The first-order chi connectivity index (χ1) is 14.6. The Hall–Kier alpha value is -3.40. The molecule has 0 aliphatic carbocycles. The van der Waals surface area contributed by atoms with Crippen molar-refractivity contribution in [3.05, 3.63) is 59.9 Å². The third-order valence-corrected chi connectivity index (χ3v) is 6.30. The predicted octanol–water partition coefficient (Wildman–Crippen LogP) is 2.99. The van der Waals surface area contributed by atoms with E-state index in [-0.39, 0.29) is 23.2 Å². The van der Waals surface area contributed by atoms with Crippen LogP contribution in [0, 0.1) is 5.82 Å². The van der Waals surface area contributed by atoms with E-state index in [1.807, 2.05) is 0 Å². The third kappa shape index (κ3) is 3.28. The molecule has 0 saturated carbocycles. The Bertz CT molecular complexity index is 1260. The van der Waals surface area contributed by atoms with Gasteiger partial charge in [0.2, 0.25) is 5.89 Å². The van der Waals surface area contributed by atoms with Gasteiger partial charge in [0, 0.05) is 23.9 Å². The van der Waals surface area contributed by atoms with Crippen molar-refractivity contribution < 1.29 is 18.1 Å². The molecular weight excluding hydrogens is 409 g/mol. The van der Waals surface area contributed by atoms with Crippen LogP contribution < -0.4 is 4.31 Å². The average Bonchev–Trinajstić information content (AvgIpc) is 3.39. The van der Waals surface area contributed by atoms with Gasteiger partial charge in [0.05, 0.1) is 6.42 Å². The molecule has 0 bridgehead atoms. The maximum Gasteiger partial charge on any atom is 0.270 e. The fourth-order valence-corrected chi connectivity index (χ4v) is 4.65. The van der Waals surface area contributed by atoms with Gasteiger partial charge in [-0.05, 0) is 36.2 Å². The Morgan fingerprint density at radius 2 is 2.03 bits per heavy atom. The van der Waals surface area contributed by atoms with Crippen LogP contribution in [-0.4, -0.2) is 41.8 Å². The first-order valence-corrected chi connectivity index (χ1v) is 10.6. The van der Waals surface area contributed by atoms with Crippen molar-refractivity contribution in [2.75, 3.05) is 16.6 Å². The van der Waals surface area contributed by atoms with E-state index in [1.165, 1.54) is 12.1 Å². The Morgan fingerprint density at radius 1 is 1.20 bits per heavy atom. The molecule has 5 rings (SSSR count). The van der Waals surface area contributed by atoms with Gasteiger partial charge in [0.15, 0.2) is 17.3 Å². The zero-order valence-corrected chi connectivity index (χ0v) is 16.5. The fourth-order valence-electron chi connectivity index (χ4n) is 3.39. The van der Waals surface area contributed by atoms with Crippen LogP contribution in [-0.2, 0) is 17.4 Å². The number of halogens is 1. The first kappa shape index (κ1) is 18.6. The van der Waals surface area contributed by atoms with Gasteiger partial charge in [-0.2, -0.15) is 0 Å². The van der Waals surface area contributed by atoms with Crippen molar-refractivity contribution in [2.45, 2.75) is 12.8 Å². The zero-order valence-electron chi connectivity index (χ0n) is 15.7. The van der Waals surface area contributed by atoms with Crippen LogP contribution in [0.3, 0.4) is 0 Å². The highest BCUT2D eigenvalue weighted by molar-refractivity contribution is 7.86. The van der Waals surface area contributed by atoms with Gasteiger partial charge in [0.1, 0.15) is 22.3 Å². The lowest BCUT2D eigenvalue weighted by Crippen LogP contribution is -2.21. The summed E-state index contributed by atoms with van der Waals surface area (Å²) in [5.41, 5.74) is 1.20. The molecule has 30 heavy (non-hydrogen) atoms. The summed E-state index contributed by atoms with van der Waals surface area (Å²) in [4.78, 5) is 8.80. The van der Waals surface area contributed by atoms with E-state index in [1.54, 1.807) is 34.8 Å². The predicted molar refractivity (Wildman–Crippen MR) is 109 cm³/mol. The van der Waals surface area contributed by atoms with Crippen molar-refractivity contribution in [3.63, 3.8) is 0 Å². The highest BCUT2D eigenvalue weighted by Crippen LogP contribution is 2.38. The van der Waals surface area contributed by atoms with Crippen molar-refractivity contribution >= 4 is 27.7 Å². The topological polar surface area (TPSA) is 105 Å². The van der Waals surface area contributed by atoms with E-state index in [4.69, 9.17) is 4.42 Å². The average molecular weight is 425 g/mol. The van der Waals surface area contributed by atoms with Crippen molar-refractivity contribution in [1.82, 2.24) is 20.2 Å². The second kappa shape index (κ2) is 7.45. The maximum atomic E-state index is 13.1. The van der Waals surface area contributed by atoms with Gasteiger partial charge in [-0.15, -0.1) is 10.2 Å². The molecule has 8 nitrogen and oxygen atoms in total. The van der Waals surface area contributed by atoms with Crippen molar-refractivity contribution in [2.24, 2.45) is 0 Å². The lowest BCUT2D eigenvalue weighted by molar-refractivity contribution is 0.471. The molecule has 1 aliphatic rings. The van der Waals surface area contributed by atoms with Gasteiger partial charge >= 0.3 is 0 Å². The number of nitrogens with zero attached hydrogens (tertiary/aromatic N) is 5. The largest absolute Gasteiger partial charge is 0.504 e. The van der Waals surface area contributed by atoms with Gasteiger partial charge in [-0.25, -0.2) is 13.6 Å². The highest BCUT2D eigenvalue weighted by Gasteiger charge is 2.28. The van der Waals surface area contributed by atoms with Crippen LogP contribution in [0.15, 0.2) is 47.0 Å². The summed E-state index contributed by atoms with van der Waals surface area (Å²) < 4.78 is 32.9. The minimum Gasteiger partial charge on any atom is -0.504 e. The van der Waals surface area contributed by atoms with Crippen molar-refractivity contribution in [3.8, 4) is 17.3 Å². The second-order valence-corrected chi connectivity index (χ2v) is 8.31. The first-order valence-electron chi connectivity index (χ1n) is 9.31. The Kier molecular flexibility index (Phi) is 4.62. The number of pyridine rings is 2. The maximum absolute atomic E-state index is 13.1. The number of hydrogen-bond acceptors (Lipinski definition) is 7. The van der Waals surface area contributed by atoms with E-state index in [0.29, 0.717) is 41.3 Å². The minimum atomic E-state index is -1.20. The number of aromatic nitrogens is 4. The molecule has 3 aromatic heterocycles. The Labute approximate surface area is 173 Å². The third-order valence-electron chi connectivity index (χ3n) is 4.82. The van der Waals surface area contributed by atoms with E-state index in [9.17, 15) is 13.7 Å². The summed E-state index contributed by atoms with van der Waals surface area (Å²) in [6, 6.07) is 9.50. The molecule has 1 unspecified atom stereocenters. The van der Waals surface area contributed by atoms with Gasteiger partial charge in [0.25, 0.3) is 5.89 Å². The molecular formula is C20H16FN5O3S. The number of benzene rings is 1. The highest BCUT2D eigenvalue weighted by atomic mass is 32.2. The molecule has 4 heterocycles. The molecule has 0 amide bonds. The molecule has 1 N–H and O–H groups in total. The monoisotopic (exact) mass is 425 g/mol. The Balaban J connectivity index is 1.57. The minimum absolute atomic E-state index is 0.0309. The van der Waals surface area contributed by atoms with Gasteiger partial charge in [-0.3, -0.25) is 9.29 Å². The van der Waals surface area contributed by atoms with Crippen LogP contribution >= 0.6 is 0 Å². The van der Waals surface area contributed by atoms with Crippen LogP contribution in [0.5, 0.6) is 5.75 Å². The quantitative estimate of drug-likeness (QED) is 0.536. The molecule has 1 aromatic carbocycles.